The molecule has 0 aliphatic carbocycles. The van der Waals surface area contributed by atoms with Crippen LogP contribution in [-0.2, 0) is 7.05 Å². The molecule has 68 valence electrons. The van der Waals surface area contributed by atoms with Gasteiger partial charge in [0.1, 0.15) is 0 Å². The molecule has 1 heterocycles. The van der Waals surface area contributed by atoms with E-state index in [1.54, 1.807) is 23.5 Å². The van der Waals surface area contributed by atoms with Crippen LogP contribution in [0.3, 0.4) is 0 Å². The largest absolute Gasteiger partial charge is 0.396 e. The van der Waals surface area contributed by atoms with E-state index in [-0.39, 0.29) is 6.61 Å². The van der Waals surface area contributed by atoms with Crippen molar-refractivity contribution in [3.8, 4) is 0 Å². The molecule has 0 fully saturated rings. The van der Waals surface area contributed by atoms with Crippen LogP contribution in [-0.4, -0.2) is 37.2 Å². The summed E-state index contributed by atoms with van der Waals surface area (Å²) < 4.78 is 1.62. The van der Waals surface area contributed by atoms with Gasteiger partial charge < -0.3 is 5.11 Å². The monoisotopic (exact) mass is 188 g/mol. The number of aliphatic hydroxyl groups is 1. The second-order valence-electron chi connectivity index (χ2n) is 2.53. The van der Waals surface area contributed by atoms with Crippen LogP contribution in [0.1, 0.15) is 13.3 Å². The smallest absolute Gasteiger partial charge is 0.209 e. The van der Waals surface area contributed by atoms with E-state index in [2.05, 4.69) is 15.5 Å². The van der Waals surface area contributed by atoms with Crippen molar-refractivity contribution in [1.29, 1.82) is 0 Å². The second-order valence-corrected chi connectivity index (χ2v) is 3.93. The fraction of sp³-hybridized carbons (Fsp3) is 0.833. The summed E-state index contributed by atoms with van der Waals surface area (Å²) in [4.78, 5) is 0. The van der Waals surface area contributed by atoms with Crippen LogP contribution >= 0.6 is 11.8 Å². The first-order valence-corrected chi connectivity index (χ1v) is 4.62. The van der Waals surface area contributed by atoms with Gasteiger partial charge in [0.05, 0.1) is 0 Å². The molecule has 1 aromatic rings. The van der Waals surface area contributed by atoms with Crippen molar-refractivity contribution in [2.75, 3.05) is 6.61 Å². The Kier molecular flexibility index (Phi) is 3.48. The third kappa shape index (κ3) is 2.46. The van der Waals surface area contributed by atoms with Crippen LogP contribution in [0.4, 0.5) is 0 Å². The standard InChI is InChI=1S/C6H12N4OS/c1-5(3-4-11)12-6-7-8-9-10(6)2/h5,11H,3-4H2,1-2H3. The molecule has 1 aromatic heterocycles. The van der Waals surface area contributed by atoms with Gasteiger partial charge in [-0.15, -0.1) is 5.10 Å². The molecular formula is C6H12N4OS. The zero-order valence-corrected chi connectivity index (χ0v) is 7.95. The lowest BCUT2D eigenvalue weighted by Gasteiger charge is -2.06. The minimum Gasteiger partial charge on any atom is -0.396 e. The van der Waals surface area contributed by atoms with Crippen molar-refractivity contribution in [3.05, 3.63) is 0 Å². The van der Waals surface area contributed by atoms with Gasteiger partial charge in [0.25, 0.3) is 0 Å². The van der Waals surface area contributed by atoms with E-state index < -0.39 is 0 Å². The summed E-state index contributed by atoms with van der Waals surface area (Å²) in [6.07, 6.45) is 0.761. The lowest BCUT2D eigenvalue weighted by Crippen LogP contribution is -2.02. The molecule has 1 atom stereocenters. The van der Waals surface area contributed by atoms with Gasteiger partial charge in [-0.1, -0.05) is 18.7 Å². The molecule has 0 aliphatic rings. The maximum Gasteiger partial charge on any atom is 0.209 e. The molecule has 1 unspecified atom stereocenters. The number of thioether (sulfide) groups is 1. The van der Waals surface area contributed by atoms with Crippen LogP contribution in [0.2, 0.25) is 0 Å². The molecule has 5 nitrogen and oxygen atoms in total. The molecule has 6 heteroatoms. The van der Waals surface area contributed by atoms with E-state index in [1.807, 2.05) is 6.92 Å². The number of aliphatic hydroxyl groups excluding tert-OH is 1. The van der Waals surface area contributed by atoms with Gasteiger partial charge in [-0.25, -0.2) is 4.68 Å². The molecule has 1 N–H and O–H groups in total. The summed E-state index contributed by atoms with van der Waals surface area (Å²) in [5, 5.41) is 20.8. The first-order chi connectivity index (χ1) is 5.74. The molecule has 12 heavy (non-hydrogen) atoms. The van der Waals surface area contributed by atoms with Crippen molar-refractivity contribution >= 4 is 11.8 Å². The molecule has 0 amide bonds. The quantitative estimate of drug-likeness (QED) is 0.678. The topological polar surface area (TPSA) is 63.8 Å². The highest BCUT2D eigenvalue weighted by atomic mass is 32.2. The SMILES string of the molecule is CC(CCO)Sc1nnnn1C. The Morgan fingerprint density at radius 3 is 2.92 bits per heavy atom. The van der Waals surface area contributed by atoms with Crippen molar-refractivity contribution in [3.63, 3.8) is 0 Å². The number of hydrogen-bond donors (Lipinski definition) is 1. The predicted octanol–water partition coefficient (Wildman–Crippen LogP) is 0.0731. The van der Waals surface area contributed by atoms with Crippen LogP contribution in [0.25, 0.3) is 0 Å². The van der Waals surface area contributed by atoms with E-state index in [9.17, 15) is 0 Å². The first kappa shape index (κ1) is 9.47. The van der Waals surface area contributed by atoms with Crippen molar-refractivity contribution in [2.45, 2.75) is 23.8 Å². The average Bonchev–Trinajstić information content (AvgIpc) is 2.37. The van der Waals surface area contributed by atoms with Crippen LogP contribution in [0, 0.1) is 0 Å². The first-order valence-electron chi connectivity index (χ1n) is 3.74. The number of tetrazole rings is 1. The zero-order valence-electron chi connectivity index (χ0n) is 7.14. The van der Waals surface area contributed by atoms with Gasteiger partial charge in [0.2, 0.25) is 5.16 Å². The summed E-state index contributed by atoms with van der Waals surface area (Å²) >= 11 is 1.57. The Hall–Kier alpha value is -0.620. The van der Waals surface area contributed by atoms with E-state index in [0.717, 1.165) is 11.6 Å². The third-order valence-corrected chi connectivity index (χ3v) is 2.62. The highest BCUT2D eigenvalue weighted by molar-refractivity contribution is 7.99. The number of aryl methyl sites for hydroxylation is 1. The van der Waals surface area contributed by atoms with Crippen LogP contribution in [0.5, 0.6) is 0 Å². The molecule has 0 saturated heterocycles. The number of nitrogens with zero attached hydrogens (tertiary/aromatic N) is 4. The summed E-state index contributed by atoms with van der Waals surface area (Å²) in [6.45, 7) is 2.25. The van der Waals surface area contributed by atoms with Gasteiger partial charge in [0, 0.05) is 18.9 Å². The minimum absolute atomic E-state index is 0.208. The fourth-order valence-electron chi connectivity index (χ4n) is 0.742. The van der Waals surface area contributed by atoms with Crippen molar-refractivity contribution in [2.24, 2.45) is 7.05 Å². The Bertz CT molecular complexity index is 239. The molecule has 0 aliphatic heterocycles. The Labute approximate surface area is 75.2 Å². The Morgan fingerprint density at radius 1 is 1.67 bits per heavy atom. The summed E-state index contributed by atoms with van der Waals surface area (Å²) in [5.41, 5.74) is 0. The lowest BCUT2D eigenvalue weighted by molar-refractivity contribution is 0.289. The highest BCUT2D eigenvalue weighted by Crippen LogP contribution is 2.20. The average molecular weight is 188 g/mol. The molecule has 0 spiro atoms. The maximum atomic E-state index is 8.66. The van der Waals surface area contributed by atoms with Gasteiger partial charge in [-0.05, 0) is 16.8 Å². The van der Waals surface area contributed by atoms with E-state index in [4.69, 9.17) is 5.11 Å². The van der Waals surface area contributed by atoms with Gasteiger partial charge >= 0.3 is 0 Å². The van der Waals surface area contributed by atoms with Gasteiger partial charge in [-0.2, -0.15) is 0 Å². The normalized spacial score (nSPS) is 13.2. The van der Waals surface area contributed by atoms with Gasteiger partial charge in [-0.3, -0.25) is 0 Å². The molecular weight excluding hydrogens is 176 g/mol. The Balaban J connectivity index is 2.46. The maximum absolute atomic E-state index is 8.66. The molecule has 1 rings (SSSR count). The second kappa shape index (κ2) is 4.42. The summed E-state index contributed by atoms with van der Waals surface area (Å²) in [6, 6.07) is 0. The van der Waals surface area contributed by atoms with E-state index in [0.29, 0.717) is 5.25 Å². The number of rotatable bonds is 4. The van der Waals surface area contributed by atoms with E-state index in [1.165, 1.54) is 0 Å². The highest BCUT2D eigenvalue weighted by Gasteiger charge is 2.08. The minimum atomic E-state index is 0.208. The lowest BCUT2D eigenvalue weighted by atomic mass is 10.4. The third-order valence-electron chi connectivity index (χ3n) is 1.42. The Morgan fingerprint density at radius 2 is 2.42 bits per heavy atom. The molecule has 0 radical (unpaired) electrons. The summed E-state index contributed by atoms with van der Waals surface area (Å²) in [7, 11) is 1.80. The number of hydrogen-bond acceptors (Lipinski definition) is 5. The fourth-order valence-corrected chi connectivity index (χ4v) is 1.60. The van der Waals surface area contributed by atoms with Crippen molar-refractivity contribution < 1.29 is 5.11 Å². The van der Waals surface area contributed by atoms with Crippen LogP contribution in [0.15, 0.2) is 5.16 Å². The van der Waals surface area contributed by atoms with E-state index >= 15 is 0 Å². The molecule has 0 saturated carbocycles. The summed E-state index contributed by atoms with van der Waals surface area (Å²) in [5.74, 6) is 0. The molecule has 0 bridgehead atoms. The molecule has 0 aromatic carbocycles. The predicted molar refractivity (Wildman–Crippen MR) is 45.8 cm³/mol. The van der Waals surface area contributed by atoms with Crippen LogP contribution < -0.4 is 0 Å². The van der Waals surface area contributed by atoms with Crippen molar-refractivity contribution in [1.82, 2.24) is 20.2 Å². The van der Waals surface area contributed by atoms with Gasteiger partial charge in [0.15, 0.2) is 0 Å². The number of aromatic nitrogens is 4. The zero-order chi connectivity index (χ0) is 8.97.